The zero-order valence-corrected chi connectivity index (χ0v) is 17.3. The molecule has 1 aliphatic heterocycles. The molecule has 1 heterocycles. The van der Waals surface area contributed by atoms with E-state index < -0.39 is 4.92 Å². The summed E-state index contributed by atoms with van der Waals surface area (Å²) in [5.41, 5.74) is 5.83. The van der Waals surface area contributed by atoms with Crippen molar-refractivity contribution in [3.8, 4) is 0 Å². The molecule has 3 rings (SSSR count). The van der Waals surface area contributed by atoms with Crippen LogP contribution in [0.5, 0.6) is 0 Å². The van der Waals surface area contributed by atoms with Crippen LogP contribution in [0.25, 0.3) is 0 Å². The summed E-state index contributed by atoms with van der Waals surface area (Å²) in [5.74, 6) is -0.0995. The number of piperidine rings is 1. The van der Waals surface area contributed by atoms with Gasteiger partial charge in [0.1, 0.15) is 0 Å². The van der Waals surface area contributed by atoms with Gasteiger partial charge in [0.15, 0.2) is 0 Å². The molecule has 30 heavy (non-hydrogen) atoms. The molecule has 1 N–H and O–H groups in total. The molecule has 0 saturated carbocycles. The Bertz CT molecular complexity index is 886. The molecule has 0 spiro atoms. The van der Waals surface area contributed by atoms with E-state index in [0.717, 1.165) is 49.3 Å². The van der Waals surface area contributed by atoms with E-state index in [-0.39, 0.29) is 17.5 Å². The number of benzene rings is 2. The monoisotopic (exact) mass is 409 g/mol. The second kappa shape index (κ2) is 9.98. The molecule has 2 aromatic carbocycles. The van der Waals surface area contributed by atoms with Crippen LogP contribution >= 0.6 is 0 Å². The Morgan fingerprint density at radius 3 is 2.37 bits per heavy atom. The zero-order chi connectivity index (χ0) is 21.5. The van der Waals surface area contributed by atoms with E-state index in [9.17, 15) is 14.9 Å². The van der Waals surface area contributed by atoms with Crippen LogP contribution in [0.4, 0.5) is 11.4 Å². The lowest BCUT2D eigenvalue weighted by Crippen LogP contribution is -2.39. The van der Waals surface area contributed by atoms with Gasteiger partial charge in [0.2, 0.25) is 5.91 Å². The van der Waals surface area contributed by atoms with Gasteiger partial charge in [0, 0.05) is 44.4 Å². The first-order chi connectivity index (χ1) is 14.4. The van der Waals surface area contributed by atoms with Crippen molar-refractivity contribution in [1.82, 2.24) is 10.3 Å². The van der Waals surface area contributed by atoms with Gasteiger partial charge in [0.05, 0.1) is 11.1 Å². The van der Waals surface area contributed by atoms with Crippen LogP contribution in [0.3, 0.4) is 0 Å². The van der Waals surface area contributed by atoms with Crippen LogP contribution in [0.2, 0.25) is 0 Å². The molecule has 0 radical (unpaired) electrons. The number of nitro groups is 1. The molecule has 0 aliphatic carbocycles. The Balaban J connectivity index is 1.43. The summed E-state index contributed by atoms with van der Waals surface area (Å²) in [6.07, 6.45) is 3.19. The maximum atomic E-state index is 12.4. The number of nitrogens with one attached hydrogen (secondary N) is 1. The smallest absolute Gasteiger partial charge is 0.269 e. The van der Waals surface area contributed by atoms with Gasteiger partial charge in [0.25, 0.3) is 5.69 Å². The fourth-order valence-corrected chi connectivity index (χ4v) is 3.45. The Hall–Kier alpha value is -3.26. The number of anilines is 1. The van der Waals surface area contributed by atoms with Crippen LogP contribution in [0.1, 0.15) is 24.0 Å². The second-order valence-electron chi connectivity index (χ2n) is 7.69. The molecule has 8 heteroatoms. The lowest BCUT2D eigenvalue weighted by molar-refractivity contribution is -0.384. The van der Waals surface area contributed by atoms with Crippen molar-refractivity contribution >= 4 is 23.5 Å². The number of nitro benzene ring substituents is 1. The lowest BCUT2D eigenvalue weighted by atomic mass is 9.96. The Morgan fingerprint density at radius 2 is 1.80 bits per heavy atom. The molecule has 0 aromatic heterocycles. The highest BCUT2D eigenvalue weighted by molar-refractivity contribution is 5.83. The summed E-state index contributed by atoms with van der Waals surface area (Å²) < 4.78 is 0. The summed E-state index contributed by atoms with van der Waals surface area (Å²) in [7, 11) is 3.97. The van der Waals surface area contributed by atoms with Gasteiger partial charge < -0.3 is 4.90 Å². The molecule has 1 amide bonds. The molecule has 8 nitrogen and oxygen atoms in total. The number of carbonyl (C=O) groups excluding carboxylic acids is 1. The molecular weight excluding hydrogens is 382 g/mol. The van der Waals surface area contributed by atoms with Gasteiger partial charge in [-0.2, -0.15) is 5.10 Å². The number of likely N-dealkylation sites (tertiary alicyclic amines) is 1. The number of hydrogen-bond acceptors (Lipinski definition) is 6. The third-order valence-corrected chi connectivity index (χ3v) is 5.31. The van der Waals surface area contributed by atoms with Crippen molar-refractivity contribution in [3.63, 3.8) is 0 Å². The number of hydrazone groups is 1. The molecule has 1 saturated heterocycles. The quantitative estimate of drug-likeness (QED) is 0.431. The normalized spacial score (nSPS) is 15.3. The second-order valence-corrected chi connectivity index (χ2v) is 7.69. The van der Waals surface area contributed by atoms with E-state index in [1.807, 2.05) is 43.3 Å². The Labute approximate surface area is 176 Å². The molecule has 0 bridgehead atoms. The predicted octanol–water partition coefficient (Wildman–Crippen LogP) is 3.02. The van der Waals surface area contributed by atoms with Gasteiger partial charge in [-0.05, 0) is 49.2 Å². The van der Waals surface area contributed by atoms with Crippen LogP contribution in [0, 0.1) is 16.0 Å². The number of non-ortho nitro benzene ring substituents is 1. The van der Waals surface area contributed by atoms with Gasteiger partial charge in [-0.15, -0.1) is 0 Å². The number of rotatable bonds is 7. The van der Waals surface area contributed by atoms with Crippen LogP contribution < -0.4 is 10.3 Å². The number of amides is 1. The van der Waals surface area contributed by atoms with E-state index in [4.69, 9.17) is 0 Å². The van der Waals surface area contributed by atoms with E-state index in [1.54, 1.807) is 18.3 Å². The molecule has 0 atom stereocenters. The molecule has 1 aliphatic rings. The summed E-state index contributed by atoms with van der Waals surface area (Å²) >= 11 is 0. The summed E-state index contributed by atoms with van der Waals surface area (Å²) in [4.78, 5) is 27.0. The van der Waals surface area contributed by atoms with Crippen molar-refractivity contribution < 1.29 is 9.72 Å². The third-order valence-electron chi connectivity index (χ3n) is 5.31. The van der Waals surface area contributed by atoms with Gasteiger partial charge in [-0.1, -0.05) is 24.3 Å². The largest absolute Gasteiger partial charge is 0.378 e. The predicted molar refractivity (Wildman–Crippen MR) is 118 cm³/mol. The highest BCUT2D eigenvalue weighted by atomic mass is 16.6. The number of hydrogen-bond donors (Lipinski definition) is 1. The fourth-order valence-electron chi connectivity index (χ4n) is 3.45. The van der Waals surface area contributed by atoms with Crippen molar-refractivity contribution in [2.75, 3.05) is 32.1 Å². The number of nitrogens with zero attached hydrogens (tertiary/aromatic N) is 4. The van der Waals surface area contributed by atoms with Crippen molar-refractivity contribution in [1.29, 1.82) is 0 Å². The van der Waals surface area contributed by atoms with Gasteiger partial charge >= 0.3 is 0 Å². The van der Waals surface area contributed by atoms with E-state index in [0.29, 0.717) is 0 Å². The van der Waals surface area contributed by atoms with Crippen molar-refractivity contribution in [3.05, 3.63) is 69.8 Å². The van der Waals surface area contributed by atoms with Gasteiger partial charge in [-0.3, -0.25) is 19.8 Å². The molecule has 2 aromatic rings. The van der Waals surface area contributed by atoms with E-state index in [1.165, 1.54) is 12.1 Å². The minimum absolute atomic E-state index is 0.0497. The van der Waals surface area contributed by atoms with Crippen LogP contribution in [-0.2, 0) is 11.3 Å². The minimum Gasteiger partial charge on any atom is -0.378 e. The molecule has 1 fully saturated rings. The Morgan fingerprint density at radius 1 is 1.17 bits per heavy atom. The highest BCUT2D eigenvalue weighted by Crippen LogP contribution is 2.20. The average Bonchev–Trinajstić information content (AvgIpc) is 2.75. The first-order valence-electron chi connectivity index (χ1n) is 9.98. The maximum Gasteiger partial charge on any atom is 0.269 e. The first-order valence-corrected chi connectivity index (χ1v) is 9.98. The van der Waals surface area contributed by atoms with Gasteiger partial charge in [-0.25, -0.2) is 5.43 Å². The highest BCUT2D eigenvalue weighted by Gasteiger charge is 2.24. The maximum absolute atomic E-state index is 12.4. The first kappa shape index (κ1) is 21.4. The topological polar surface area (TPSA) is 91.1 Å². The lowest BCUT2D eigenvalue weighted by Gasteiger charge is -2.30. The molecule has 0 unspecified atom stereocenters. The van der Waals surface area contributed by atoms with E-state index >= 15 is 0 Å². The fraction of sp³-hybridized carbons (Fsp3) is 0.364. The summed E-state index contributed by atoms with van der Waals surface area (Å²) in [6, 6.07) is 14.6. The van der Waals surface area contributed by atoms with Crippen molar-refractivity contribution in [2.45, 2.75) is 19.4 Å². The Kier molecular flexibility index (Phi) is 7.13. The summed E-state index contributed by atoms with van der Waals surface area (Å²) in [5, 5.41) is 14.8. The van der Waals surface area contributed by atoms with Crippen LogP contribution in [0.15, 0.2) is 53.6 Å². The third kappa shape index (κ3) is 5.87. The van der Waals surface area contributed by atoms with E-state index in [2.05, 4.69) is 15.4 Å². The minimum atomic E-state index is -0.394. The van der Waals surface area contributed by atoms with Crippen molar-refractivity contribution in [2.24, 2.45) is 11.0 Å². The standard InChI is InChI=1S/C22H27N5O3/c1-25(2)20-7-3-17(4-8-20)15-23-24-22(28)19-11-13-26(14-12-19)16-18-5-9-21(10-6-18)27(29)30/h3-10,15,19H,11-14,16H2,1-2H3,(H,24,28)/b23-15+. The zero-order valence-electron chi connectivity index (χ0n) is 17.3. The number of carbonyl (C=O) groups is 1. The molecule has 158 valence electrons. The molecular formula is C22H27N5O3. The SMILES string of the molecule is CN(C)c1ccc(/C=N/NC(=O)C2CCN(Cc3ccc([N+](=O)[O-])cc3)CC2)cc1. The van der Waals surface area contributed by atoms with Crippen LogP contribution in [-0.4, -0.2) is 49.1 Å². The average molecular weight is 409 g/mol. The summed E-state index contributed by atoms with van der Waals surface area (Å²) in [6.45, 7) is 2.35.